The summed E-state index contributed by atoms with van der Waals surface area (Å²) in [4.78, 5) is 13.4. The van der Waals surface area contributed by atoms with Crippen LogP contribution in [-0.2, 0) is 13.1 Å². The maximum atomic E-state index is 9.00. The molecule has 0 atom stereocenters. The van der Waals surface area contributed by atoms with Crippen molar-refractivity contribution in [2.75, 3.05) is 18.0 Å². The number of nitrogens with zero attached hydrogens (tertiary/aromatic N) is 4. The predicted molar refractivity (Wildman–Crippen MR) is 117 cm³/mol. The van der Waals surface area contributed by atoms with Gasteiger partial charge in [0.1, 0.15) is 5.82 Å². The summed E-state index contributed by atoms with van der Waals surface area (Å²) in [7, 11) is 0. The van der Waals surface area contributed by atoms with Gasteiger partial charge in [-0.25, -0.2) is 4.98 Å². The van der Waals surface area contributed by atoms with Crippen LogP contribution in [0.4, 0.5) is 5.82 Å². The molecule has 2 aliphatic rings. The summed E-state index contributed by atoms with van der Waals surface area (Å²) in [6, 6.07) is 18.0. The summed E-state index contributed by atoms with van der Waals surface area (Å²) in [6.07, 6.45) is 6.26. The van der Waals surface area contributed by atoms with Gasteiger partial charge in [0.15, 0.2) is 0 Å². The van der Waals surface area contributed by atoms with E-state index in [2.05, 4.69) is 39.1 Å². The van der Waals surface area contributed by atoms with Crippen molar-refractivity contribution >= 4 is 23.0 Å². The van der Waals surface area contributed by atoms with Gasteiger partial charge < -0.3 is 4.90 Å². The largest absolute Gasteiger partial charge is 0.328 e. The summed E-state index contributed by atoms with van der Waals surface area (Å²) in [5.41, 5.74) is 5.34. The summed E-state index contributed by atoms with van der Waals surface area (Å²) < 4.78 is 9.00. The highest BCUT2D eigenvalue weighted by atomic mass is 35.5. The molecule has 1 aromatic carbocycles. The average molecular weight is 402 g/mol. The fraction of sp³-hybridized carbons (Fsp3) is 0.167. The van der Waals surface area contributed by atoms with Gasteiger partial charge >= 0.3 is 0 Å². The van der Waals surface area contributed by atoms with E-state index in [1.54, 1.807) is 18.5 Å². The van der Waals surface area contributed by atoms with Crippen molar-refractivity contribution in [3.05, 3.63) is 107 Å². The van der Waals surface area contributed by atoms with Crippen LogP contribution in [0.15, 0.2) is 84.8 Å². The SMILES string of the molecule is [2H]C1=C2CN(Cc3cc(Cl)ccn3)CC=C2c2cccnc2N1Cc1ccccc1. The Morgan fingerprint density at radius 2 is 1.90 bits per heavy atom. The number of fused-ring (bicyclic) bond motifs is 3. The molecule has 0 fully saturated rings. The molecule has 0 amide bonds. The van der Waals surface area contributed by atoms with Crippen molar-refractivity contribution in [2.45, 2.75) is 13.1 Å². The monoisotopic (exact) mass is 401 g/mol. The molecule has 0 radical (unpaired) electrons. The average Bonchev–Trinajstić information content (AvgIpc) is 2.77. The molecular formula is C24H21ClN4. The molecule has 2 aliphatic heterocycles. The third-order valence-corrected chi connectivity index (χ3v) is 5.45. The van der Waals surface area contributed by atoms with E-state index in [4.69, 9.17) is 13.0 Å². The van der Waals surface area contributed by atoms with Gasteiger partial charge in [-0.1, -0.05) is 48.0 Å². The number of benzene rings is 1. The first kappa shape index (κ1) is 17.0. The van der Waals surface area contributed by atoms with Gasteiger partial charge in [-0.05, 0) is 41.0 Å². The number of hydrogen-bond donors (Lipinski definition) is 0. The Balaban J connectivity index is 1.49. The Kier molecular flexibility index (Phi) is 4.57. The number of rotatable bonds is 4. The summed E-state index contributed by atoms with van der Waals surface area (Å²) in [5.74, 6) is 0.853. The van der Waals surface area contributed by atoms with Crippen LogP contribution in [0.25, 0.3) is 5.57 Å². The first-order valence-corrected chi connectivity index (χ1v) is 10.1. The van der Waals surface area contributed by atoms with Crippen LogP contribution in [0, 0.1) is 0 Å². The molecule has 2 aromatic heterocycles. The molecule has 3 aromatic rings. The summed E-state index contributed by atoms with van der Waals surface area (Å²) >= 11 is 6.13. The first-order valence-electron chi connectivity index (χ1n) is 10.2. The Morgan fingerprint density at radius 1 is 1.00 bits per heavy atom. The van der Waals surface area contributed by atoms with Gasteiger partial charge in [-0.15, -0.1) is 0 Å². The summed E-state index contributed by atoms with van der Waals surface area (Å²) in [5, 5.41) is 0.695. The lowest BCUT2D eigenvalue weighted by Crippen LogP contribution is -2.33. The highest BCUT2D eigenvalue weighted by Gasteiger charge is 2.27. The fourth-order valence-corrected chi connectivity index (χ4v) is 4.07. The lowest BCUT2D eigenvalue weighted by atomic mass is 9.92. The number of aromatic nitrogens is 2. The van der Waals surface area contributed by atoms with Crippen molar-refractivity contribution in [1.82, 2.24) is 14.9 Å². The van der Waals surface area contributed by atoms with E-state index < -0.39 is 0 Å². The Labute approximate surface area is 177 Å². The van der Waals surface area contributed by atoms with E-state index in [9.17, 15) is 0 Å². The number of anilines is 1. The molecule has 5 heteroatoms. The van der Waals surface area contributed by atoms with Crippen LogP contribution in [-0.4, -0.2) is 28.0 Å². The molecule has 0 unspecified atom stereocenters. The Morgan fingerprint density at radius 3 is 2.76 bits per heavy atom. The smallest absolute Gasteiger partial charge is 0.140 e. The van der Waals surface area contributed by atoms with E-state index >= 15 is 0 Å². The van der Waals surface area contributed by atoms with E-state index in [0.717, 1.165) is 40.3 Å². The fourth-order valence-electron chi connectivity index (χ4n) is 3.89. The van der Waals surface area contributed by atoms with Crippen LogP contribution in [0.1, 0.15) is 18.2 Å². The zero-order chi connectivity index (χ0) is 20.5. The standard InChI is InChI=1S/C24H21ClN4/c25-20-8-11-26-21(13-20)17-28-12-9-22-19(15-28)16-29(14-18-5-2-1-3-6-18)24-23(22)7-4-10-27-24/h1-11,13,16H,12,14-15,17H2/i16D. The van der Waals surface area contributed by atoms with E-state index in [-0.39, 0.29) is 0 Å². The molecule has 5 rings (SSSR count). The molecule has 0 N–H and O–H groups in total. The quantitative estimate of drug-likeness (QED) is 0.620. The number of halogens is 1. The van der Waals surface area contributed by atoms with Gasteiger partial charge in [-0.3, -0.25) is 9.88 Å². The van der Waals surface area contributed by atoms with Crippen molar-refractivity contribution in [2.24, 2.45) is 0 Å². The second-order valence-electron chi connectivity index (χ2n) is 7.29. The lowest BCUT2D eigenvalue weighted by Gasteiger charge is -2.35. The Bertz CT molecular complexity index is 1140. The Hall–Kier alpha value is -2.95. The normalized spacial score (nSPS) is 16.8. The lowest BCUT2D eigenvalue weighted by molar-refractivity contribution is 0.313. The van der Waals surface area contributed by atoms with Crippen LogP contribution in [0.2, 0.25) is 5.02 Å². The molecule has 0 bridgehead atoms. The maximum Gasteiger partial charge on any atom is 0.140 e. The van der Waals surface area contributed by atoms with Gasteiger partial charge in [-0.2, -0.15) is 0 Å². The number of pyridine rings is 2. The molecule has 0 saturated heterocycles. The second kappa shape index (κ2) is 7.82. The van der Waals surface area contributed by atoms with E-state index in [1.807, 2.05) is 35.2 Å². The molecule has 4 heterocycles. The molecular weight excluding hydrogens is 380 g/mol. The van der Waals surface area contributed by atoms with Crippen LogP contribution in [0.5, 0.6) is 0 Å². The maximum absolute atomic E-state index is 9.00. The van der Waals surface area contributed by atoms with Crippen molar-refractivity contribution in [1.29, 1.82) is 0 Å². The minimum Gasteiger partial charge on any atom is -0.328 e. The molecule has 0 saturated carbocycles. The topological polar surface area (TPSA) is 32.3 Å². The third kappa shape index (κ3) is 3.82. The van der Waals surface area contributed by atoms with Crippen molar-refractivity contribution in [3.8, 4) is 0 Å². The van der Waals surface area contributed by atoms with E-state index in [0.29, 0.717) is 30.8 Å². The minimum atomic E-state index is 0.514. The molecule has 0 aliphatic carbocycles. The van der Waals surface area contributed by atoms with Crippen LogP contribution >= 0.6 is 11.6 Å². The van der Waals surface area contributed by atoms with Gasteiger partial charge in [0.05, 0.1) is 7.06 Å². The van der Waals surface area contributed by atoms with Crippen molar-refractivity contribution in [3.63, 3.8) is 0 Å². The molecule has 144 valence electrons. The number of hydrogen-bond acceptors (Lipinski definition) is 4. The molecule has 4 nitrogen and oxygen atoms in total. The highest BCUT2D eigenvalue weighted by Crippen LogP contribution is 2.38. The highest BCUT2D eigenvalue weighted by molar-refractivity contribution is 6.30. The van der Waals surface area contributed by atoms with E-state index in [1.165, 1.54) is 0 Å². The molecule has 0 spiro atoms. The van der Waals surface area contributed by atoms with Crippen LogP contribution < -0.4 is 4.90 Å². The van der Waals surface area contributed by atoms with Gasteiger partial charge in [0.2, 0.25) is 0 Å². The molecule has 29 heavy (non-hydrogen) atoms. The third-order valence-electron chi connectivity index (χ3n) is 5.21. The van der Waals surface area contributed by atoms with Gasteiger partial charge in [0.25, 0.3) is 0 Å². The van der Waals surface area contributed by atoms with Crippen LogP contribution in [0.3, 0.4) is 0 Å². The zero-order valence-corrected chi connectivity index (χ0v) is 16.7. The first-order chi connectivity index (χ1) is 14.7. The minimum absolute atomic E-state index is 0.514. The van der Waals surface area contributed by atoms with Gasteiger partial charge in [0, 0.05) is 55.3 Å². The summed E-state index contributed by atoms with van der Waals surface area (Å²) in [6.45, 7) is 2.81. The predicted octanol–water partition coefficient (Wildman–Crippen LogP) is 4.93. The second-order valence-corrected chi connectivity index (χ2v) is 7.73. The zero-order valence-electron chi connectivity index (χ0n) is 16.9. The van der Waals surface area contributed by atoms with Crippen molar-refractivity contribution < 1.29 is 1.37 Å².